The summed E-state index contributed by atoms with van der Waals surface area (Å²) in [7, 11) is 0. The summed E-state index contributed by atoms with van der Waals surface area (Å²) in [6, 6.07) is 0. The fraction of sp³-hybridized carbons (Fsp3) is 0.636. The third kappa shape index (κ3) is 2.24. The monoisotopic (exact) mass is 212 g/mol. The van der Waals surface area contributed by atoms with E-state index in [4.69, 9.17) is 11.6 Å². The zero-order valence-electron chi connectivity index (χ0n) is 9.26. The maximum Gasteiger partial charge on any atom is 0.136 e. The van der Waals surface area contributed by atoms with E-state index in [9.17, 15) is 0 Å². The van der Waals surface area contributed by atoms with Crippen LogP contribution in [-0.4, -0.2) is 9.97 Å². The van der Waals surface area contributed by atoms with Crippen molar-refractivity contribution in [2.24, 2.45) is 0 Å². The Kier molecular flexibility index (Phi) is 3.87. The highest BCUT2D eigenvalue weighted by Gasteiger charge is 2.13. The molecular formula is C11H17ClN2. The molecule has 0 aliphatic rings. The van der Waals surface area contributed by atoms with Gasteiger partial charge in [-0.15, -0.1) is 0 Å². The summed E-state index contributed by atoms with van der Waals surface area (Å²) in [5, 5.41) is 0.628. The average molecular weight is 213 g/mol. The van der Waals surface area contributed by atoms with Gasteiger partial charge in [-0.25, -0.2) is 9.97 Å². The third-order valence-electron chi connectivity index (χ3n) is 2.25. The van der Waals surface area contributed by atoms with Crippen LogP contribution in [-0.2, 0) is 12.8 Å². The van der Waals surface area contributed by atoms with E-state index < -0.39 is 0 Å². The van der Waals surface area contributed by atoms with Gasteiger partial charge < -0.3 is 0 Å². The maximum atomic E-state index is 6.11. The van der Waals surface area contributed by atoms with E-state index in [0.29, 0.717) is 11.1 Å². The second kappa shape index (κ2) is 4.74. The lowest BCUT2D eigenvalue weighted by Crippen LogP contribution is -2.06. The van der Waals surface area contributed by atoms with E-state index in [1.807, 2.05) is 6.92 Å². The molecule has 0 radical (unpaired) electrons. The molecule has 0 atom stereocenters. The van der Waals surface area contributed by atoms with Gasteiger partial charge in [-0.1, -0.05) is 39.3 Å². The summed E-state index contributed by atoms with van der Waals surface area (Å²) in [5.74, 6) is 1.26. The first-order valence-electron chi connectivity index (χ1n) is 5.15. The molecule has 1 heterocycles. The van der Waals surface area contributed by atoms with Crippen molar-refractivity contribution >= 4 is 11.6 Å². The number of rotatable bonds is 3. The molecule has 0 aromatic carbocycles. The van der Waals surface area contributed by atoms with Gasteiger partial charge >= 0.3 is 0 Å². The second-order valence-corrected chi connectivity index (χ2v) is 4.01. The minimum absolute atomic E-state index is 0.413. The normalized spacial score (nSPS) is 11.0. The summed E-state index contributed by atoms with van der Waals surface area (Å²) in [6.07, 6.45) is 1.74. The van der Waals surface area contributed by atoms with Crippen LogP contribution < -0.4 is 0 Å². The zero-order chi connectivity index (χ0) is 10.7. The smallest absolute Gasteiger partial charge is 0.136 e. The molecular weight excluding hydrogens is 196 g/mol. The summed E-state index contributed by atoms with van der Waals surface area (Å²) in [5.41, 5.74) is 2.20. The van der Waals surface area contributed by atoms with Crippen LogP contribution in [0.5, 0.6) is 0 Å². The summed E-state index contributed by atoms with van der Waals surface area (Å²) >= 11 is 6.11. The Labute approximate surface area is 90.7 Å². The molecule has 3 heteroatoms. The van der Waals surface area contributed by atoms with E-state index in [2.05, 4.69) is 30.7 Å². The molecule has 0 unspecified atom stereocenters. The van der Waals surface area contributed by atoms with Gasteiger partial charge in [0.1, 0.15) is 11.0 Å². The van der Waals surface area contributed by atoms with Crippen molar-refractivity contribution in [3.8, 4) is 0 Å². The minimum atomic E-state index is 0.413. The molecule has 0 aliphatic heterocycles. The Bertz CT molecular complexity index is 321. The maximum absolute atomic E-state index is 6.11. The number of hydrogen-bond acceptors (Lipinski definition) is 2. The third-order valence-corrected chi connectivity index (χ3v) is 2.56. The van der Waals surface area contributed by atoms with Gasteiger partial charge in [0.05, 0.1) is 5.69 Å². The SMILES string of the molecule is CCc1nc(Cl)c(CC)c(C(C)C)n1. The average Bonchev–Trinajstić information content (AvgIpc) is 2.16. The predicted molar refractivity (Wildman–Crippen MR) is 59.9 cm³/mol. The van der Waals surface area contributed by atoms with E-state index in [0.717, 1.165) is 29.9 Å². The van der Waals surface area contributed by atoms with Crippen LogP contribution in [0.4, 0.5) is 0 Å². The van der Waals surface area contributed by atoms with Crippen LogP contribution in [0.1, 0.15) is 50.7 Å². The van der Waals surface area contributed by atoms with Gasteiger partial charge in [0.2, 0.25) is 0 Å². The van der Waals surface area contributed by atoms with Crippen molar-refractivity contribution in [2.75, 3.05) is 0 Å². The molecule has 0 saturated heterocycles. The van der Waals surface area contributed by atoms with Crippen LogP contribution in [0.15, 0.2) is 0 Å². The Morgan fingerprint density at radius 1 is 1.14 bits per heavy atom. The zero-order valence-corrected chi connectivity index (χ0v) is 10.0. The molecule has 1 rings (SSSR count). The van der Waals surface area contributed by atoms with Crippen LogP contribution in [0.25, 0.3) is 0 Å². The summed E-state index contributed by atoms with van der Waals surface area (Å²) in [6.45, 7) is 8.40. The summed E-state index contributed by atoms with van der Waals surface area (Å²) in [4.78, 5) is 8.79. The minimum Gasteiger partial charge on any atom is -0.237 e. The van der Waals surface area contributed by atoms with Crippen molar-refractivity contribution in [3.05, 3.63) is 22.2 Å². The van der Waals surface area contributed by atoms with E-state index in [-0.39, 0.29) is 0 Å². The molecule has 1 aromatic heterocycles. The van der Waals surface area contributed by atoms with Crippen molar-refractivity contribution < 1.29 is 0 Å². The van der Waals surface area contributed by atoms with Gasteiger partial charge in [-0.3, -0.25) is 0 Å². The van der Waals surface area contributed by atoms with Gasteiger partial charge in [0.25, 0.3) is 0 Å². The van der Waals surface area contributed by atoms with Crippen molar-refractivity contribution in [3.63, 3.8) is 0 Å². The lowest BCUT2D eigenvalue weighted by atomic mass is 10.0. The van der Waals surface area contributed by atoms with Crippen LogP contribution in [0.3, 0.4) is 0 Å². The Morgan fingerprint density at radius 3 is 2.21 bits per heavy atom. The van der Waals surface area contributed by atoms with Crippen molar-refractivity contribution in [1.29, 1.82) is 0 Å². The Morgan fingerprint density at radius 2 is 1.79 bits per heavy atom. The molecule has 0 N–H and O–H groups in total. The first-order valence-corrected chi connectivity index (χ1v) is 5.53. The van der Waals surface area contributed by atoms with Crippen LogP contribution in [0.2, 0.25) is 5.15 Å². The van der Waals surface area contributed by atoms with Crippen molar-refractivity contribution in [2.45, 2.75) is 46.5 Å². The number of halogens is 1. The lowest BCUT2D eigenvalue weighted by Gasteiger charge is -2.12. The second-order valence-electron chi connectivity index (χ2n) is 3.66. The quantitative estimate of drug-likeness (QED) is 0.718. The van der Waals surface area contributed by atoms with Gasteiger partial charge in [-0.05, 0) is 12.3 Å². The van der Waals surface area contributed by atoms with Crippen LogP contribution >= 0.6 is 11.6 Å². The highest BCUT2D eigenvalue weighted by atomic mass is 35.5. The first kappa shape index (κ1) is 11.4. The number of nitrogens with zero attached hydrogens (tertiary/aromatic N) is 2. The van der Waals surface area contributed by atoms with Crippen molar-refractivity contribution in [1.82, 2.24) is 9.97 Å². The molecule has 1 aromatic rings. The first-order chi connectivity index (χ1) is 6.60. The fourth-order valence-electron chi connectivity index (χ4n) is 1.48. The Hall–Kier alpha value is -0.630. The van der Waals surface area contributed by atoms with Crippen LogP contribution in [0, 0.1) is 0 Å². The molecule has 0 bridgehead atoms. The Balaban J connectivity index is 3.28. The fourth-order valence-corrected chi connectivity index (χ4v) is 1.81. The molecule has 0 spiro atoms. The number of aryl methyl sites for hydroxylation is 1. The highest BCUT2D eigenvalue weighted by molar-refractivity contribution is 6.30. The standard InChI is InChI=1S/C11H17ClN2/c1-5-8-10(7(3)4)13-9(6-2)14-11(8)12/h7H,5-6H2,1-4H3. The molecule has 0 aliphatic carbocycles. The van der Waals surface area contributed by atoms with E-state index >= 15 is 0 Å². The predicted octanol–water partition coefficient (Wildman–Crippen LogP) is 3.38. The molecule has 2 nitrogen and oxygen atoms in total. The topological polar surface area (TPSA) is 25.8 Å². The lowest BCUT2D eigenvalue weighted by molar-refractivity contribution is 0.763. The van der Waals surface area contributed by atoms with Gasteiger partial charge in [-0.2, -0.15) is 0 Å². The van der Waals surface area contributed by atoms with E-state index in [1.54, 1.807) is 0 Å². The number of hydrogen-bond donors (Lipinski definition) is 0. The largest absolute Gasteiger partial charge is 0.237 e. The molecule has 78 valence electrons. The molecule has 14 heavy (non-hydrogen) atoms. The molecule has 0 fully saturated rings. The molecule has 0 saturated carbocycles. The number of aromatic nitrogens is 2. The van der Waals surface area contributed by atoms with Gasteiger partial charge in [0.15, 0.2) is 0 Å². The van der Waals surface area contributed by atoms with E-state index in [1.165, 1.54) is 0 Å². The highest BCUT2D eigenvalue weighted by Crippen LogP contribution is 2.23. The molecule has 0 amide bonds. The van der Waals surface area contributed by atoms with Gasteiger partial charge in [0, 0.05) is 12.0 Å². The summed E-state index contributed by atoms with van der Waals surface area (Å²) < 4.78 is 0.